The maximum absolute atomic E-state index is 10.00. The number of aliphatic imine (C=N–C) groups is 2. The third kappa shape index (κ3) is 8.92. The maximum atomic E-state index is 10.00. The molecule has 8 nitrogen and oxygen atoms in total. The van der Waals surface area contributed by atoms with Crippen molar-refractivity contribution < 1.29 is 29.4 Å². The van der Waals surface area contributed by atoms with Crippen molar-refractivity contribution in [2.75, 3.05) is 0 Å². The predicted molar refractivity (Wildman–Crippen MR) is 75.9 cm³/mol. The molecule has 0 heterocycles. The molecule has 0 aromatic heterocycles. The molecule has 0 bridgehead atoms. The highest BCUT2D eigenvalue weighted by molar-refractivity contribution is 5.69. The van der Waals surface area contributed by atoms with E-state index in [2.05, 4.69) is 9.98 Å². The first-order valence-electron chi connectivity index (χ1n) is 6.10. The lowest BCUT2D eigenvalue weighted by molar-refractivity contribution is -0.138. The minimum Gasteiger partial charge on any atom is -0.481 e. The van der Waals surface area contributed by atoms with Crippen LogP contribution >= 0.6 is 0 Å². The van der Waals surface area contributed by atoms with E-state index in [0.29, 0.717) is 11.4 Å². The van der Waals surface area contributed by atoms with Gasteiger partial charge in [0.05, 0.1) is 11.4 Å². The minimum absolute atomic E-state index is 0.0632. The van der Waals surface area contributed by atoms with E-state index in [4.69, 9.17) is 10.2 Å². The van der Waals surface area contributed by atoms with Gasteiger partial charge in [-0.3, -0.25) is 9.59 Å². The fourth-order valence-corrected chi connectivity index (χ4v) is 1.28. The first kappa shape index (κ1) is 18.9. The number of aliphatic carboxylic acids is 2. The van der Waals surface area contributed by atoms with Crippen molar-refractivity contribution in [1.82, 2.24) is 0 Å². The van der Waals surface area contributed by atoms with Gasteiger partial charge in [-0.2, -0.15) is 9.98 Å². The number of carboxylic acids is 2. The van der Waals surface area contributed by atoms with Crippen molar-refractivity contribution in [1.29, 1.82) is 0 Å². The molecule has 0 unspecified atom stereocenters. The smallest absolute Gasteiger partial charge is 0.303 e. The van der Waals surface area contributed by atoms with Crippen LogP contribution < -0.4 is 0 Å². The van der Waals surface area contributed by atoms with Crippen molar-refractivity contribution in [3.8, 4) is 0 Å². The lowest BCUT2D eigenvalue weighted by Crippen LogP contribution is -1.98. The monoisotopic (exact) mass is 306 g/mol. The molecule has 0 fully saturated rings. The predicted octanol–water partition coefficient (Wildman–Crippen LogP) is 2.26. The molecule has 0 saturated carbocycles. The van der Waals surface area contributed by atoms with E-state index >= 15 is 0 Å². The molecule has 2 N–H and O–H groups in total. The van der Waals surface area contributed by atoms with Gasteiger partial charge in [-0.1, -0.05) is 6.07 Å². The van der Waals surface area contributed by atoms with Crippen molar-refractivity contribution >= 4 is 35.5 Å². The van der Waals surface area contributed by atoms with Gasteiger partial charge in [-0.15, -0.1) is 0 Å². The van der Waals surface area contributed by atoms with Crippen LogP contribution in [0.4, 0.5) is 11.4 Å². The van der Waals surface area contributed by atoms with Crippen LogP contribution in [-0.2, 0) is 19.2 Å². The summed E-state index contributed by atoms with van der Waals surface area (Å²) in [6.45, 7) is 1.80. The minimum atomic E-state index is -0.948. The van der Waals surface area contributed by atoms with Crippen LogP contribution in [-0.4, -0.2) is 34.3 Å². The van der Waals surface area contributed by atoms with E-state index in [1.165, 1.54) is 18.2 Å². The van der Waals surface area contributed by atoms with Crippen LogP contribution in [0.1, 0.15) is 24.8 Å². The average molecular weight is 306 g/mol. The Morgan fingerprint density at radius 2 is 1.59 bits per heavy atom. The van der Waals surface area contributed by atoms with Gasteiger partial charge in [0.1, 0.15) is 0 Å². The maximum Gasteiger partial charge on any atom is 0.303 e. The van der Waals surface area contributed by atoms with Crippen LogP contribution in [0.2, 0.25) is 0 Å². The van der Waals surface area contributed by atoms with Crippen molar-refractivity contribution in [3.63, 3.8) is 0 Å². The topological polar surface area (TPSA) is 133 Å². The molecule has 8 heteroatoms. The van der Waals surface area contributed by atoms with Gasteiger partial charge in [-0.05, 0) is 31.0 Å². The molecule has 0 amide bonds. The quantitative estimate of drug-likeness (QED) is 0.611. The number of nitrogens with zero attached hydrogens (tertiary/aromatic N) is 2. The highest BCUT2D eigenvalue weighted by Crippen LogP contribution is 2.23. The number of hydrogen-bond donors (Lipinski definition) is 2. The van der Waals surface area contributed by atoms with E-state index in [1.54, 1.807) is 19.1 Å². The van der Waals surface area contributed by atoms with Gasteiger partial charge in [-0.25, -0.2) is 9.59 Å². The fraction of sp³-hybridized carbons (Fsp3) is 0.286. The molecular formula is C14H14N2O6. The van der Waals surface area contributed by atoms with E-state index in [1.807, 2.05) is 0 Å². The lowest BCUT2D eigenvalue weighted by atomic mass is 10.2. The zero-order valence-electron chi connectivity index (χ0n) is 11.8. The molecule has 22 heavy (non-hydrogen) atoms. The highest BCUT2D eigenvalue weighted by Gasteiger charge is 1.99. The molecule has 116 valence electrons. The zero-order chi connectivity index (χ0) is 17.0. The van der Waals surface area contributed by atoms with Gasteiger partial charge < -0.3 is 10.2 Å². The van der Waals surface area contributed by atoms with Gasteiger partial charge in [0.15, 0.2) is 0 Å². The molecule has 0 atom stereocenters. The second-order valence-corrected chi connectivity index (χ2v) is 4.02. The van der Waals surface area contributed by atoms with E-state index in [-0.39, 0.29) is 19.3 Å². The summed E-state index contributed by atoms with van der Waals surface area (Å²) in [6.07, 6.45) is 2.92. The van der Waals surface area contributed by atoms with E-state index < -0.39 is 11.9 Å². The third-order valence-electron chi connectivity index (χ3n) is 2.31. The molecule has 0 aliphatic heterocycles. The molecule has 0 aliphatic carbocycles. The number of hydrogen-bond acceptors (Lipinski definition) is 6. The lowest BCUT2D eigenvalue weighted by Gasteiger charge is -1.97. The summed E-state index contributed by atoms with van der Waals surface area (Å²) in [6, 6.07) is 4.88. The standard InChI is InChI=1S/C9H6N2O2.C5H8O4/c1-7-2-3-8(10-5-12)4-9(7)11-6-13;6-4(7)2-1-3-5(8)9/h2-4H,1H3;1-3H2,(H,6,7)(H,8,9). The second kappa shape index (κ2) is 10.7. The van der Waals surface area contributed by atoms with Crippen molar-refractivity contribution in [2.24, 2.45) is 9.98 Å². The van der Waals surface area contributed by atoms with Crippen LogP contribution in [0.15, 0.2) is 28.2 Å². The Labute approximate surface area is 125 Å². The number of carboxylic acid groups (broad SMARTS) is 2. The van der Waals surface area contributed by atoms with E-state index in [0.717, 1.165) is 5.56 Å². The molecular weight excluding hydrogens is 292 g/mol. The van der Waals surface area contributed by atoms with Crippen molar-refractivity contribution in [2.45, 2.75) is 26.2 Å². The van der Waals surface area contributed by atoms with Gasteiger partial charge in [0, 0.05) is 12.8 Å². The molecule has 1 rings (SSSR count). The number of rotatable bonds is 6. The molecule has 0 aliphatic rings. The number of aryl methyl sites for hydroxylation is 1. The molecule has 0 spiro atoms. The summed E-state index contributed by atoms with van der Waals surface area (Å²) in [5, 5.41) is 16.1. The second-order valence-electron chi connectivity index (χ2n) is 4.02. The first-order valence-corrected chi connectivity index (χ1v) is 6.10. The summed E-state index contributed by atoms with van der Waals surface area (Å²) in [5.74, 6) is -1.90. The summed E-state index contributed by atoms with van der Waals surface area (Å²) < 4.78 is 0. The van der Waals surface area contributed by atoms with Gasteiger partial charge in [0.2, 0.25) is 12.2 Å². The Kier molecular flexibility index (Phi) is 9.18. The number of isocyanates is 2. The largest absolute Gasteiger partial charge is 0.481 e. The third-order valence-corrected chi connectivity index (χ3v) is 2.31. The zero-order valence-corrected chi connectivity index (χ0v) is 11.8. The summed E-state index contributed by atoms with van der Waals surface area (Å²) in [4.78, 5) is 46.3. The van der Waals surface area contributed by atoms with E-state index in [9.17, 15) is 19.2 Å². The van der Waals surface area contributed by atoms with Crippen LogP contribution in [0.25, 0.3) is 0 Å². The fourth-order valence-electron chi connectivity index (χ4n) is 1.28. The van der Waals surface area contributed by atoms with Gasteiger partial charge in [0.25, 0.3) is 0 Å². The molecule has 0 radical (unpaired) electrons. The Hall–Kier alpha value is -3.08. The Morgan fingerprint density at radius 3 is 2.05 bits per heavy atom. The van der Waals surface area contributed by atoms with Gasteiger partial charge >= 0.3 is 11.9 Å². The summed E-state index contributed by atoms with van der Waals surface area (Å²) >= 11 is 0. The number of benzene rings is 1. The molecule has 1 aromatic rings. The average Bonchev–Trinajstić information content (AvgIpc) is 2.43. The number of carbonyl (C=O) groups excluding carboxylic acids is 2. The highest BCUT2D eigenvalue weighted by atomic mass is 16.4. The van der Waals surface area contributed by atoms with Crippen LogP contribution in [0, 0.1) is 6.92 Å². The van der Waals surface area contributed by atoms with Crippen LogP contribution in [0.5, 0.6) is 0 Å². The Bertz CT molecular complexity index is 614. The summed E-state index contributed by atoms with van der Waals surface area (Å²) in [7, 11) is 0. The normalized spacial score (nSPS) is 8.59. The molecule has 0 saturated heterocycles. The SMILES string of the molecule is Cc1ccc(N=C=O)cc1N=C=O.O=C(O)CCCC(=O)O. The summed E-state index contributed by atoms with van der Waals surface area (Å²) in [5.41, 5.74) is 1.72. The van der Waals surface area contributed by atoms with Crippen molar-refractivity contribution in [3.05, 3.63) is 23.8 Å². The Morgan fingerprint density at radius 1 is 1.05 bits per heavy atom. The Balaban J connectivity index is 0.000000433. The molecule has 1 aromatic carbocycles. The first-order chi connectivity index (χ1) is 10.4. The van der Waals surface area contributed by atoms with Crippen LogP contribution in [0.3, 0.4) is 0 Å². The number of carbonyl (C=O) groups is 2.